The number of hydrogen-bond acceptors (Lipinski definition) is 3. The summed E-state index contributed by atoms with van der Waals surface area (Å²) in [6, 6.07) is 0. The van der Waals surface area contributed by atoms with E-state index in [0.717, 1.165) is 12.5 Å². The number of nitrogens with two attached hydrogens (primary N) is 1. The molecule has 10 heavy (non-hydrogen) atoms. The van der Waals surface area contributed by atoms with Crippen LogP contribution in [0.4, 0.5) is 0 Å². The second-order valence-electron chi connectivity index (χ2n) is 2.97. The molecule has 0 bridgehead atoms. The van der Waals surface area contributed by atoms with Crippen LogP contribution in [0.2, 0.25) is 0 Å². The van der Waals surface area contributed by atoms with Crippen molar-refractivity contribution < 1.29 is 0 Å². The summed E-state index contributed by atoms with van der Waals surface area (Å²) < 4.78 is 0. The first kappa shape index (κ1) is 7.98. The fraction of sp³-hybridized carbons (Fsp3) is 1.00. The third kappa shape index (κ3) is 1.94. The molecule has 3 nitrogen and oxygen atoms in total. The first-order chi connectivity index (χ1) is 4.86. The lowest BCUT2D eigenvalue weighted by Crippen LogP contribution is -2.50. The Labute approximate surface area is 62.3 Å². The van der Waals surface area contributed by atoms with Crippen molar-refractivity contribution in [1.82, 2.24) is 10.7 Å². The smallest absolute Gasteiger partial charge is 0.0704 e. The summed E-state index contributed by atoms with van der Waals surface area (Å²) in [5.74, 6) is 6.17. The van der Waals surface area contributed by atoms with Crippen LogP contribution in [0.15, 0.2) is 0 Å². The second-order valence-corrected chi connectivity index (χ2v) is 2.97. The minimum atomic E-state index is 0.346. The van der Waals surface area contributed by atoms with Crippen molar-refractivity contribution in [2.24, 2.45) is 11.8 Å². The molecule has 1 fully saturated rings. The van der Waals surface area contributed by atoms with Crippen LogP contribution in [0.5, 0.6) is 0 Å². The third-order valence-electron chi connectivity index (χ3n) is 2.29. The Morgan fingerprint density at radius 3 is 3.10 bits per heavy atom. The number of hydrogen-bond donors (Lipinski definition) is 3. The highest BCUT2D eigenvalue weighted by molar-refractivity contribution is 4.73. The van der Waals surface area contributed by atoms with Crippen molar-refractivity contribution in [3.05, 3.63) is 0 Å². The van der Waals surface area contributed by atoms with Crippen LogP contribution >= 0.6 is 0 Å². The molecule has 1 heterocycles. The number of rotatable bonds is 2. The normalized spacial score (nSPS) is 34.2. The zero-order chi connectivity index (χ0) is 7.40. The van der Waals surface area contributed by atoms with Crippen LogP contribution in [0.3, 0.4) is 0 Å². The number of piperidine rings is 1. The Balaban J connectivity index is 2.25. The second kappa shape index (κ2) is 3.91. The lowest BCUT2D eigenvalue weighted by Gasteiger charge is -2.28. The predicted molar refractivity (Wildman–Crippen MR) is 42.1 cm³/mol. The first-order valence-electron chi connectivity index (χ1n) is 4.06. The van der Waals surface area contributed by atoms with Gasteiger partial charge >= 0.3 is 0 Å². The van der Waals surface area contributed by atoms with Gasteiger partial charge in [0, 0.05) is 0 Å². The van der Waals surface area contributed by atoms with E-state index in [9.17, 15) is 0 Å². The van der Waals surface area contributed by atoms with Crippen LogP contribution in [-0.2, 0) is 0 Å². The molecule has 0 saturated carbocycles. The number of nitrogens with one attached hydrogen (secondary N) is 2. The average Bonchev–Trinajstić information content (AvgIpc) is 2.05. The molecule has 0 spiro atoms. The Hall–Kier alpha value is -0.120. The molecular weight excluding hydrogens is 126 g/mol. The van der Waals surface area contributed by atoms with Crippen molar-refractivity contribution in [2.75, 3.05) is 6.54 Å². The van der Waals surface area contributed by atoms with Gasteiger partial charge in [-0.25, -0.2) is 5.43 Å². The molecule has 1 aliphatic heterocycles. The van der Waals surface area contributed by atoms with Gasteiger partial charge in [0.05, 0.1) is 6.17 Å². The van der Waals surface area contributed by atoms with Gasteiger partial charge in [-0.05, 0) is 25.3 Å². The quantitative estimate of drug-likeness (QED) is 0.382. The van der Waals surface area contributed by atoms with Crippen molar-refractivity contribution in [3.8, 4) is 0 Å². The van der Waals surface area contributed by atoms with Crippen molar-refractivity contribution >= 4 is 0 Å². The molecule has 0 aromatic carbocycles. The maximum absolute atomic E-state index is 5.31. The van der Waals surface area contributed by atoms with Crippen LogP contribution < -0.4 is 16.6 Å². The first-order valence-corrected chi connectivity index (χ1v) is 4.06. The molecule has 1 saturated heterocycles. The van der Waals surface area contributed by atoms with Gasteiger partial charge in [-0.15, -0.1) is 0 Å². The molecule has 3 heteroatoms. The molecular formula is C7H17N3. The highest BCUT2D eigenvalue weighted by atomic mass is 15.3. The van der Waals surface area contributed by atoms with Crippen molar-refractivity contribution in [2.45, 2.75) is 32.4 Å². The predicted octanol–water partition coefficient (Wildman–Crippen LogP) is 0.185. The van der Waals surface area contributed by atoms with Crippen LogP contribution in [0.25, 0.3) is 0 Å². The Kier molecular flexibility index (Phi) is 3.12. The minimum Gasteiger partial charge on any atom is -0.301 e. The van der Waals surface area contributed by atoms with Gasteiger partial charge in [0.25, 0.3) is 0 Å². The highest BCUT2D eigenvalue weighted by Crippen LogP contribution is 2.17. The van der Waals surface area contributed by atoms with E-state index in [4.69, 9.17) is 5.84 Å². The molecule has 0 aromatic rings. The van der Waals surface area contributed by atoms with E-state index in [2.05, 4.69) is 17.7 Å². The van der Waals surface area contributed by atoms with E-state index in [1.165, 1.54) is 19.3 Å². The summed E-state index contributed by atoms with van der Waals surface area (Å²) in [6.07, 6.45) is 4.10. The summed E-state index contributed by atoms with van der Waals surface area (Å²) >= 11 is 0. The largest absolute Gasteiger partial charge is 0.301 e. The van der Waals surface area contributed by atoms with Crippen LogP contribution in [-0.4, -0.2) is 12.7 Å². The lowest BCUT2D eigenvalue weighted by molar-refractivity contribution is 0.264. The Morgan fingerprint density at radius 2 is 2.50 bits per heavy atom. The zero-order valence-electron chi connectivity index (χ0n) is 6.56. The van der Waals surface area contributed by atoms with Crippen LogP contribution in [0, 0.1) is 5.92 Å². The molecule has 1 aliphatic rings. The molecule has 0 amide bonds. The Bertz CT molecular complexity index is 84.9. The minimum absolute atomic E-state index is 0.346. The van der Waals surface area contributed by atoms with E-state index in [0.29, 0.717) is 6.17 Å². The van der Waals surface area contributed by atoms with Gasteiger partial charge in [0.2, 0.25) is 0 Å². The number of hydrazine groups is 1. The summed E-state index contributed by atoms with van der Waals surface area (Å²) in [4.78, 5) is 0. The van der Waals surface area contributed by atoms with E-state index in [-0.39, 0.29) is 0 Å². The van der Waals surface area contributed by atoms with Gasteiger partial charge in [-0.3, -0.25) is 5.84 Å². The molecule has 2 atom stereocenters. The van der Waals surface area contributed by atoms with Crippen molar-refractivity contribution in [3.63, 3.8) is 0 Å². The Morgan fingerprint density at radius 1 is 1.70 bits per heavy atom. The standard InChI is InChI=1S/C7H17N3/c1-2-6-3-4-9-7(5-6)10-8/h6-7,9-10H,2-5,8H2,1H3. The fourth-order valence-corrected chi connectivity index (χ4v) is 1.49. The topological polar surface area (TPSA) is 50.1 Å². The monoisotopic (exact) mass is 143 g/mol. The highest BCUT2D eigenvalue weighted by Gasteiger charge is 2.18. The summed E-state index contributed by atoms with van der Waals surface area (Å²) in [5.41, 5.74) is 2.76. The lowest BCUT2D eigenvalue weighted by atomic mass is 9.94. The maximum atomic E-state index is 5.31. The molecule has 60 valence electrons. The van der Waals surface area contributed by atoms with Crippen LogP contribution in [0.1, 0.15) is 26.2 Å². The molecule has 0 aliphatic carbocycles. The molecule has 0 radical (unpaired) electrons. The maximum Gasteiger partial charge on any atom is 0.0704 e. The van der Waals surface area contributed by atoms with E-state index in [1.54, 1.807) is 0 Å². The SMILES string of the molecule is CCC1CCNC(NN)C1. The molecule has 1 rings (SSSR count). The van der Waals surface area contributed by atoms with Gasteiger partial charge in [-0.2, -0.15) is 0 Å². The molecule has 0 aromatic heterocycles. The zero-order valence-corrected chi connectivity index (χ0v) is 6.56. The van der Waals surface area contributed by atoms with E-state index < -0.39 is 0 Å². The van der Waals surface area contributed by atoms with Gasteiger partial charge < -0.3 is 5.32 Å². The molecule has 4 N–H and O–H groups in total. The van der Waals surface area contributed by atoms with E-state index >= 15 is 0 Å². The summed E-state index contributed by atoms with van der Waals surface area (Å²) in [7, 11) is 0. The van der Waals surface area contributed by atoms with E-state index in [1.807, 2.05) is 0 Å². The summed E-state index contributed by atoms with van der Waals surface area (Å²) in [6.45, 7) is 3.34. The van der Waals surface area contributed by atoms with Crippen molar-refractivity contribution in [1.29, 1.82) is 0 Å². The third-order valence-corrected chi connectivity index (χ3v) is 2.29. The van der Waals surface area contributed by atoms with Gasteiger partial charge in [-0.1, -0.05) is 13.3 Å². The fourth-order valence-electron chi connectivity index (χ4n) is 1.49. The average molecular weight is 143 g/mol. The summed E-state index contributed by atoms with van der Waals surface area (Å²) in [5, 5.41) is 3.30. The van der Waals surface area contributed by atoms with Gasteiger partial charge in [0.15, 0.2) is 0 Å². The molecule has 2 unspecified atom stereocenters. The van der Waals surface area contributed by atoms with Gasteiger partial charge in [0.1, 0.15) is 0 Å².